The molecular formula is C19H23N2O4-. The van der Waals surface area contributed by atoms with Gasteiger partial charge in [-0.2, -0.15) is 0 Å². The van der Waals surface area contributed by atoms with Crippen molar-refractivity contribution in [3.05, 3.63) is 29.8 Å². The van der Waals surface area contributed by atoms with Crippen LogP contribution >= 0.6 is 0 Å². The number of anilines is 1. The van der Waals surface area contributed by atoms with E-state index in [1.807, 2.05) is 4.90 Å². The topological polar surface area (TPSA) is 89.5 Å². The molecule has 0 spiro atoms. The Balaban J connectivity index is 1.63. The first-order chi connectivity index (χ1) is 12.1. The first-order valence-electron chi connectivity index (χ1n) is 8.97. The molecule has 1 saturated heterocycles. The highest BCUT2D eigenvalue weighted by Crippen LogP contribution is 2.30. The molecule has 2 atom stereocenters. The van der Waals surface area contributed by atoms with Crippen molar-refractivity contribution in [1.82, 2.24) is 4.90 Å². The van der Waals surface area contributed by atoms with Crippen molar-refractivity contribution < 1.29 is 19.5 Å². The molecule has 134 valence electrons. The average molecular weight is 343 g/mol. The molecule has 0 radical (unpaired) electrons. The van der Waals surface area contributed by atoms with Gasteiger partial charge >= 0.3 is 0 Å². The van der Waals surface area contributed by atoms with Crippen LogP contribution < -0.4 is 10.4 Å². The quantitative estimate of drug-likeness (QED) is 0.895. The summed E-state index contributed by atoms with van der Waals surface area (Å²) in [6.07, 6.45) is 4.81. The van der Waals surface area contributed by atoms with E-state index in [-0.39, 0.29) is 11.8 Å². The molecule has 1 aromatic rings. The van der Waals surface area contributed by atoms with E-state index in [0.717, 1.165) is 38.8 Å². The van der Waals surface area contributed by atoms with E-state index in [2.05, 4.69) is 5.32 Å². The van der Waals surface area contributed by atoms with Crippen molar-refractivity contribution in [2.45, 2.75) is 38.5 Å². The molecule has 3 rings (SSSR count). The number of hydrogen-bond acceptors (Lipinski definition) is 4. The van der Waals surface area contributed by atoms with Crippen LogP contribution in [-0.2, 0) is 9.59 Å². The summed E-state index contributed by atoms with van der Waals surface area (Å²) in [5.74, 6) is -2.69. The van der Waals surface area contributed by atoms with Crippen LogP contribution in [0, 0.1) is 11.8 Å². The standard InChI is InChI=1S/C19H24N2O4/c22-17(15-5-1-2-6-16(15)19(24)25)20-14-9-7-13(8-10-14)18(23)21-11-3-4-12-21/h7-10,15-16H,1-6,11-12H2,(H,20,22)(H,24,25)/p-1/t15-,16+/m1/s1. The van der Waals surface area contributed by atoms with E-state index in [0.29, 0.717) is 24.1 Å². The van der Waals surface area contributed by atoms with Crippen LogP contribution in [-0.4, -0.2) is 35.8 Å². The summed E-state index contributed by atoms with van der Waals surface area (Å²) >= 11 is 0. The van der Waals surface area contributed by atoms with Gasteiger partial charge in [0.15, 0.2) is 0 Å². The Morgan fingerprint density at radius 2 is 1.52 bits per heavy atom. The van der Waals surface area contributed by atoms with Gasteiger partial charge in [-0.3, -0.25) is 9.59 Å². The molecule has 2 aliphatic rings. The normalized spacial score (nSPS) is 23.3. The fourth-order valence-corrected chi connectivity index (χ4v) is 3.76. The van der Waals surface area contributed by atoms with Gasteiger partial charge in [0.05, 0.1) is 0 Å². The molecule has 1 aliphatic carbocycles. The molecule has 25 heavy (non-hydrogen) atoms. The third-order valence-corrected chi connectivity index (χ3v) is 5.20. The molecular weight excluding hydrogens is 320 g/mol. The lowest BCUT2D eigenvalue weighted by atomic mass is 9.78. The maximum absolute atomic E-state index is 12.4. The zero-order valence-corrected chi connectivity index (χ0v) is 14.2. The van der Waals surface area contributed by atoms with Crippen molar-refractivity contribution in [2.75, 3.05) is 18.4 Å². The molecule has 6 heteroatoms. The number of amides is 2. The highest BCUT2D eigenvalue weighted by Gasteiger charge is 2.31. The second kappa shape index (κ2) is 7.68. The van der Waals surface area contributed by atoms with Crippen LogP contribution in [0.3, 0.4) is 0 Å². The highest BCUT2D eigenvalue weighted by molar-refractivity contribution is 5.97. The first-order valence-corrected chi connectivity index (χ1v) is 8.97. The Kier molecular flexibility index (Phi) is 5.36. The van der Waals surface area contributed by atoms with Gasteiger partial charge in [-0.05, 0) is 49.9 Å². The van der Waals surface area contributed by atoms with Crippen LogP contribution in [0.1, 0.15) is 48.9 Å². The summed E-state index contributed by atoms with van der Waals surface area (Å²) in [6.45, 7) is 1.59. The fraction of sp³-hybridized carbons (Fsp3) is 0.526. The molecule has 0 unspecified atom stereocenters. The second-order valence-electron chi connectivity index (χ2n) is 6.88. The number of aliphatic carboxylic acids is 1. The smallest absolute Gasteiger partial charge is 0.253 e. The van der Waals surface area contributed by atoms with E-state index in [1.165, 1.54) is 0 Å². The van der Waals surface area contributed by atoms with E-state index < -0.39 is 17.8 Å². The number of carboxylic acid groups (broad SMARTS) is 1. The molecule has 1 aromatic carbocycles. The Morgan fingerprint density at radius 3 is 2.12 bits per heavy atom. The lowest BCUT2D eigenvalue weighted by Gasteiger charge is -2.31. The maximum Gasteiger partial charge on any atom is 0.253 e. The number of rotatable bonds is 4. The van der Waals surface area contributed by atoms with Gasteiger partial charge in [0.1, 0.15) is 0 Å². The third-order valence-electron chi connectivity index (χ3n) is 5.20. The average Bonchev–Trinajstić information content (AvgIpc) is 3.16. The highest BCUT2D eigenvalue weighted by atomic mass is 16.4. The minimum absolute atomic E-state index is 0.0136. The number of carboxylic acids is 1. The summed E-state index contributed by atoms with van der Waals surface area (Å²) in [6, 6.07) is 6.79. The molecule has 0 bridgehead atoms. The Bertz CT molecular complexity index is 650. The molecule has 1 aliphatic heterocycles. The molecule has 1 saturated carbocycles. The minimum atomic E-state index is -1.15. The first kappa shape index (κ1) is 17.5. The second-order valence-corrected chi connectivity index (χ2v) is 6.88. The van der Waals surface area contributed by atoms with Crippen molar-refractivity contribution in [3.8, 4) is 0 Å². The molecule has 0 aromatic heterocycles. The van der Waals surface area contributed by atoms with Gasteiger partial charge < -0.3 is 20.1 Å². The molecule has 1 N–H and O–H groups in total. The van der Waals surface area contributed by atoms with Crippen molar-refractivity contribution in [2.24, 2.45) is 11.8 Å². The van der Waals surface area contributed by atoms with Crippen molar-refractivity contribution in [1.29, 1.82) is 0 Å². The van der Waals surface area contributed by atoms with E-state index in [4.69, 9.17) is 0 Å². The summed E-state index contributed by atoms with van der Waals surface area (Å²) in [7, 11) is 0. The summed E-state index contributed by atoms with van der Waals surface area (Å²) < 4.78 is 0. The van der Waals surface area contributed by atoms with Gasteiger partial charge in [-0.15, -0.1) is 0 Å². The van der Waals surface area contributed by atoms with Gasteiger partial charge in [-0.25, -0.2) is 0 Å². The summed E-state index contributed by atoms with van der Waals surface area (Å²) in [5.41, 5.74) is 1.18. The van der Waals surface area contributed by atoms with Gasteiger partial charge in [0.2, 0.25) is 5.91 Å². The number of hydrogen-bond donors (Lipinski definition) is 1. The van der Waals surface area contributed by atoms with Gasteiger partial charge in [0, 0.05) is 42.1 Å². The monoisotopic (exact) mass is 343 g/mol. The Hall–Kier alpha value is -2.37. The number of carbonyl (C=O) groups excluding carboxylic acids is 3. The van der Waals surface area contributed by atoms with E-state index in [1.54, 1.807) is 24.3 Å². The maximum atomic E-state index is 12.4. The van der Waals surface area contributed by atoms with Crippen LogP contribution in [0.5, 0.6) is 0 Å². The van der Waals surface area contributed by atoms with Gasteiger partial charge in [-0.1, -0.05) is 12.8 Å². The predicted molar refractivity (Wildman–Crippen MR) is 90.7 cm³/mol. The summed E-state index contributed by atoms with van der Waals surface area (Å²) in [5, 5.41) is 14.0. The van der Waals surface area contributed by atoms with E-state index in [9.17, 15) is 19.5 Å². The Labute approximate surface area is 147 Å². The predicted octanol–water partition coefficient (Wildman–Crippen LogP) is 1.42. The number of likely N-dealkylation sites (tertiary alicyclic amines) is 1. The number of carbonyl (C=O) groups is 3. The van der Waals surface area contributed by atoms with Crippen LogP contribution in [0.2, 0.25) is 0 Å². The SMILES string of the molecule is O=C([O-])[C@H]1CCCC[C@H]1C(=O)Nc1ccc(C(=O)N2CCCC2)cc1. The number of nitrogens with zero attached hydrogens (tertiary/aromatic N) is 1. The van der Waals surface area contributed by atoms with Crippen LogP contribution in [0.25, 0.3) is 0 Å². The molecule has 1 heterocycles. The van der Waals surface area contributed by atoms with Crippen LogP contribution in [0.4, 0.5) is 5.69 Å². The minimum Gasteiger partial charge on any atom is -0.550 e. The van der Waals surface area contributed by atoms with Crippen molar-refractivity contribution in [3.63, 3.8) is 0 Å². The molecule has 2 amide bonds. The molecule has 2 fully saturated rings. The summed E-state index contributed by atoms with van der Waals surface area (Å²) in [4.78, 5) is 37.8. The lowest BCUT2D eigenvalue weighted by Crippen LogP contribution is -2.42. The molecule has 6 nitrogen and oxygen atoms in total. The van der Waals surface area contributed by atoms with Crippen molar-refractivity contribution >= 4 is 23.5 Å². The zero-order valence-electron chi connectivity index (χ0n) is 14.2. The zero-order chi connectivity index (χ0) is 17.8. The largest absolute Gasteiger partial charge is 0.550 e. The van der Waals surface area contributed by atoms with Crippen LogP contribution in [0.15, 0.2) is 24.3 Å². The number of nitrogens with one attached hydrogen (secondary N) is 1. The number of benzene rings is 1. The Morgan fingerprint density at radius 1 is 0.920 bits per heavy atom. The third kappa shape index (κ3) is 4.00. The van der Waals surface area contributed by atoms with Gasteiger partial charge in [0.25, 0.3) is 5.91 Å². The lowest BCUT2D eigenvalue weighted by molar-refractivity contribution is -0.313. The fourth-order valence-electron chi connectivity index (χ4n) is 3.76. The van der Waals surface area contributed by atoms with E-state index >= 15 is 0 Å².